The summed E-state index contributed by atoms with van der Waals surface area (Å²) in [6.07, 6.45) is 0. The van der Waals surface area contributed by atoms with Gasteiger partial charge in [-0.3, -0.25) is 9.59 Å². The number of Topliss-reactive ketones (excluding diaryl/α,β-unsaturated/α-hetero) is 1. The topological polar surface area (TPSA) is 96.0 Å². The minimum absolute atomic E-state index is 0.0364. The maximum atomic E-state index is 12.5. The zero-order valence-corrected chi connectivity index (χ0v) is 19.2. The van der Waals surface area contributed by atoms with Crippen molar-refractivity contribution in [2.75, 3.05) is 16.0 Å². The van der Waals surface area contributed by atoms with Gasteiger partial charge in [0.15, 0.2) is 5.78 Å². The van der Waals surface area contributed by atoms with E-state index in [1.54, 1.807) is 36.4 Å². The van der Waals surface area contributed by atoms with Crippen LogP contribution >= 0.6 is 0 Å². The van der Waals surface area contributed by atoms with E-state index >= 15 is 0 Å². The normalized spacial score (nSPS) is 10.4. The molecular weight excluding hydrogens is 426 g/mol. The molecule has 3 N–H and O–H groups in total. The highest BCUT2D eigenvalue weighted by Gasteiger charge is 2.08. The van der Waals surface area contributed by atoms with Gasteiger partial charge in [0.05, 0.1) is 0 Å². The Morgan fingerprint density at radius 1 is 0.676 bits per heavy atom. The Balaban J connectivity index is 1.41. The van der Waals surface area contributed by atoms with Crippen LogP contribution in [0.25, 0.3) is 0 Å². The lowest BCUT2D eigenvalue weighted by Crippen LogP contribution is -2.12. The summed E-state index contributed by atoms with van der Waals surface area (Å²) in [4.78, 5) is 32.9. The highest BCUT2D eigenvalue weighted by atomic mass is 16.1. The monoisotopic (exact) mass is 451 g/mol. The summed E-state index contributed by atoms with van der Waals surface area (Å²) in [6, 6.07) is 23.8. The third-order valence-electron chi connectivity index (χ3n) is 5.13. The van der Waals surface area contributed by atoms with Crippen molar-refractivity contribution in [2.24, 2.45) is 0 Å². The third-order valence-corrected chi connectivity index (χ3v) is 5.13. The number of nitrogens with one attached hydrogen (secondary N) is 3. The number of rotatable bonds is 7. The van der Waals surface area contributed by atoms with Gasteiger partial charge in [-0.25, -0.2) is 4.98 Å². The molecule has 0 bridgehead atoms. The van der Waals surface area contributed by atoms with Crippen molar-refractivity contribution >= 4 is 40.5 Å². The Morgan fingerprint density at radius 3 is 1.88 bits per heavy atom. The predicted octanol–water partition coefficient (Wildman–Crippen LogP) is 6.04. The summed E-state index contributed by atoms with van der Waals surface area (Å²) in [7, 11) is 0. The standard InChI is InChI=1S/C27H25N5O2/c1-17-4-10-22(11-5-17)29-25-16-18(2)28-27(32-25)31-24-14-12-23(13-15-24)30-26(34)21-8-6-20(7-9-21)19(3)33/h4-16H,1-3H3,(H,30,34)(H2,28,29,31,32). The van der Waals surface area contributed by atoms with Crippen LogP contribution in [-0.2, 0) is 0 Å². The molecule has 1 aromatic heterocycles. The zero-order chi connectivity index (χ0) is 24.1. The molecule has 0 aliphatic heterocycles. The largest absolute Gasteiger partial charge is 0.340 e. The van der Waals surface area contributed by atoms with Gasteiger partial charge in [0.25, 0.3) is 5.91 Å². The minimum atomic E-state index is -0.246. The Bertz CT molecular complexity index is 1310. The molecule has 0 aliphatic rings. The Kier molecular flexibility index (Phi) is 6.64. The molecule has 4 aromatic rings. The summed E-state index contributed by atoms with van der Waals surface area (Å²) < 4.78 is 0. The fraction of sp³-hybridized carbons (Fsp3) is 0.111. The second-order valence-electron chi connectivity index (χ2n) is 8.00. The molecule has 0 aliphatic carbocycles. The van der Waals surface area contributed by atoms with Gasteiger partial charge in [-0.2, -0.15) is 4.98 Å². The third kappa shape index (κ3) is 5.83. The van der Waals surface area contributed by atoms with E-state index in [1.807, 2.05) is 56.3 Å². The number of nitrogens with zero attached hydrogens (tertiary/aromatic N) is 2. The molecule has 0 fully saturated rings. The minimum Gasteiger partial charge on any atom is -0.340 e. The summed E-state index contributed by atoms with van der Waals surface area (Å²) >= 11 is 0. The summed E-state index contributed by atoms with van der Waals surface area (Å²) in [5.41, 5.74) is 5.46. The second-order valence-corrected chi connectivity index (χ2v) is 8.00. The number of amides is 1. The van der Waals surface area contributed by atoms with Crippen LogP contribution < -0.4 is 16.0 Å². The predicted molar refractivity (Wildman–Crippen MR) is 135 cm³/mol. The van der Waals surface area contributed by atoms with Crippen molar-refractivity contribution in [3.63, 3.8) is 0 Å². The van der Waals surface area contributed by atoms with E-state index in [1.165, 1.54) is 12.5 Å². The van der Waals surface area contributed by atoms with E-state index in [2.05, 4.69) is 25.9 Å². The van der Waals surface area contributed by atoms with Crippen LogP contribution in [0.1, 0.15) is 38.9 Å². The molecule has 1 amide bonds. The van der Waals surface area contributed by atoms with Gasteiger partial charge < -0.3 is 16.0 Å². The number of aryl methyl sites for hydroxylation is 2. The zero-order valence-electron chi connectivity index (χ0n) is 19.2. The van der Waals surface area contributed by atoms with Crippen molar-refractivity contribution in [3.05, 3.63) is 101 Å². The lowest BCUT2D eigenvalue weighted by molar-refractivity contribution is 0.101. The van der Waals surface area contributed by atoms with Crippen LogP contribution in [0.5, 0.6) is 0 Å². The molecule has 3 aromatic carbocycles. The fourth-order valence-electron chi connectivity index (χ4n) is 3.30. The molecule has 0 unspecified atom stereocenters. The highest BCUT2D eigenvalue weighted by Crippen LogP contribution is 2.21. The first-order chi connectivity index (χ1) is 16.4. The Morgan fingerprint density at radius 2 is 1.24 bits per heavy atom. The Hall–Kier alpha value is -4.52. The molecule has 0 saturated carbocycles. The van der Waals surface area contributed by atoms with Gasteiger partial charge in [-0.05, 0) is 69.3 Å². The van der Waals surface area contributed by atoms with Crippen LogP contribution in [-0.4, -0.2) is 21.7 Å². The summed E-state index contributed by atoms with van der Waals surface area (Å²) in [6.45, 7) is 5.45. The highest BCUT2D eigenvalue weighted by molar-refractivity contribution is 6.05. The van der Waals surface area contributed by atoms with Gasteiger partial charge in [0.1, 0.15) is 5.82 Å². The molecule has 1 heterocycles. The maximum absolute atomic E-state index is 12.5. The van der Waals surface area contributed by atoms with E-state index in [0.29, 0.717) is 28.6 Å². The van der Waals surface area contributed by atoms with E-state index < -0.39 is 0 Å². The molecular formula is C27H25N5O2. The van der Waals surface area contributed by atoms with Crippen LogP contribution in [0.15, 0.2) is 78.9 Å². The quantitative estimate of drug-likeness (QED) is 0.297. The molecule has 7 heteroatoms. The molecule has 0 radical (unpaired) electrons. The molecule has 0 saturated heterocycles. The summed E-state index contributed by atoms with van der Waals surface area (Å²) in [5, 5.41) is 9.35. The number of ketones is 1. The SMILES string of the molecule is CC(=O)c1ccc(C(=O)Nc2ccc(Nc3nc(C)cc(Nc4ccc(C)cc4)n3)cc2)cc1. The molecule has 4 rings (SSSR count). The van der Waals surface area contributed by atoms with Gasteiger partial charge in [0.2, 0.25) is 5.95 Å². The van der Waals surface area contributed by atoms with Crippen molar-refractivity contribution in [1.29, 1.82) is 0 Å². The van der Waals surface area contributed by atoms with Crippen LogP contribution in [0.4, 0.5) is 28.8 Å². The number of hydrogen-bond acceptors (Lipinski definition) is 6. The average Bonchev–Trinajstić information content (AvgIpc) is 2.81. The van der Waals surface area contributed by atoms with Gasteiger partial charge in [-0.15, -0.1) is 0 Å². The molecule has 0 atom stereocenters. The van der Waals surface area contributed by atoms with Crippen molar-refractivity contribution in [3.8, 4) is 0 Å². The first kappa shape index (κ1) is 22.7. The van der Waals surface area contributed by atoms with Gasteiger partial charge in [-0.1, -0.05) is 29.8 Å². The maximum Gasteiger partial charge on any atom is 0.255 e. The fourth-order valence-corrected chi connectivity index (χ4v) is 3.30. The number of benzene rings is 3. The lowest BCUT2D eigenvalue weighted by atomic mass is 10.1. The molecule has 170 valence electrons. The van der Waals surface area contributed by atoms with Crippen molar-refractivity contribution in [1.82, 2.24) is 9.97 Å². The van der Waals surface area contributed by atoms with E-state index in [9.17, 15) is 9.59 Å². The van der Waals surface area contributed by atoms with Crippen LogP contribution in [0.2, 0.25) is 0 Å². The van der Waals surface area contributed by atoms with E-state index in [0.717, 1.165) is 17.1 Å². The molecule has 0 spiro atoms. The number of aromatic nitrogens is 2. The first-order valence-corrected chi connectivity index (χ1v) is 10.8. The lowest BCUT2D eigenvalue weighted by Gasteiger charge is -2.11. The first-order valence-electron chi connectivity index (χ1n) is 10.8. The van der Waals surface area contributed by atoms with Crippen LogP contribution in [0.3, 0.4) is 0 Å². The number of carbonyl (C=O) groups excluding carboxylic acids is 2. The van der Waals surface area contributed by atoms with Crippen molar-refractivity contribution in [2.45, 2.75) is 20.8 Å². The molecule has 7 nitrogen and oxygen atoms in total. The van der Waals surface area contributed by atoms with Gasteiger partial charge >= 0.3 is 0 Å². The van der Waals surface area contributed by atoms with Crippen LogP contribution in [0, 0.1) is 13.8 Å². The molecule has 34 heavy (non-hydrogen) atoms. The summed E-state index contributed by atoms with van der Waals surface area (Å²) in [5.74, 6) is 0.880. The van der Waals surface area contributed by atoms with E-state index in [4.69, 9.17) is 0 Å². The number of anilines is 5. The van der Waals surface area contributed by atoms with Crippen molar-refractivity contribution < 1.29 is 9.59 Å². The Labute approximate surface area is 198 Å². The smallest absolute Gasteiger partial charge is 0.255 e. The van der Waals surface area contributed by atoms with Gasteiger partial charge in [0, 0.05) is 39.9 Å². The number of hydrogen-bond donors (Lipinski definition) is 3. The van der Waals surface area contributed by atoms with E-state index in [-0.39, 0.29) is 11.7 Å². The number of carbonyl (C=O) groups is 2. The average molecular weight is 452 g/mol. The second kappa shape index (κ2) is 9.95.